The number of hydrogen-bond donors (Lipinski definition) is 1. The molecule has 0 aromatic rings. The zero-order valence-corrected chi connectivity index (χ0v) is 14.1. The molecule has 7 nitrogen and oxygen atoms in total. The molecule has 0 unspecified atom stereocenters. The van der Waals surface area contributed by atoms with Crippen molar-refractivity contribution in [2.45, 2.75) is 45.4 Å². The van der Waals surface area contributed by atoms with E-state index in [1.54, 1.807) is 0 Å². The number of sulfone groups is 1. The molecule has 0 spiro atoms. The van der Waals surface area contributed by atoms with Gasteiger partial charge in [-0.3, -0.25) is 4.55 Å². The average Bonchev–Trinajstić information content (AvgIpc) is 2.36. The molecule has 0 heterocycles. The Labute approximate surface area is 127 Å². The minimum Gasteiger partial charge on any atom is -0.378 e. The first kappa shape index (κ1) is 20.8. The van der Waals surface area contributed by atoms with Crippen LogP contribution in [0, 0.1) is 0 Å². The van der Waals surface area contributed by atoms with E-state index in [2.05, 4.69) is 11.1 Å². The fraction of sp³-hybridized carbons (Fsp3) is 1.00. The molecule has 0 amide bonds. The van der Waals surface area contributed by atoms with Crippen molar-refractivity contribution in [2.24, 2.45) is 0 Å². The predicted octanol–water partition coefficient (Wildman–Crippen LogP) is 1.60. The van der Waals surface area contributed by atoms with Gasteiger partial charge in [-0.05, 0) is 6.42 Å². The van der Waals surface area contributed by atoms with Crippen LogP contribution in [0.3, 0.4) is 0 Å². The molecule has 0 aliphatic carbocycles. The van der Waals surface area contributed by atoms with Gasteiger partial charge in [-0.15, -0.1) is 0 Å². The Hall–Kier alpha value is -0.220. The van der Waals surface area contributed by atoms with E-state index in [-0.39, 0.29) is 31.3 Å². The molecule has 0 saturated carbocycles. The Balaban J connectivity index is 3.55. The number of ether oxygens (including phenoxy) is 1. The van der Waals surface area contributed by atoms with Gasteiger partial charge in [0.2, 0.25) is 0 Å². The normalized spacial score (nSPS) is 12.7. The summed E-state index contributed by atoms with van der Waals surface area (Å²) in [6.07, 6.45) is 6.14. The van der Waals surface area contributed by atoms with Crippen molar-refractivity contribution in [2.75, 3.05) is 31.3 Å². The van der Waals surface area contributed by atoms with Gasteiger partial charge in [-0.25, -0.2) is 12.6 Å². The second-order valence-corrected chi connectivity index (χ2v) is 8.18. The van der Waals surface area contributed by atoms with Crippen LogP contribution in [0.2, 0.25) is 0 Å². The van der Waals surface area contributed by atoms with E-state index in [0.29, 0.717) is 6.42 Å². The second-order valence-electron chi connectivity index (χ2n) is 4.78. The third-order valence-electron chi connectivity index (χ3n) is 2.81. The van der Waals surface area contributed by atoms with Gasteiger partial charge in [-0.2, -0.15) is 8.42 Å². The van der Waals surface area contributed by atoms with Gasteiger partial charge in [0.05, 0.1) is 31.3 Å². The molecule has 0 aliphatic heterocycles. The SMILES string of the molecule is CCCCCCCCS(=O)(=O)CCOCCOS(=O)(=O)O. The molecule has 1 N–H and O–H groups in total. The molecule has 0 saturated heterocycles. The van der Waals surface area contributed by atoms with Crippen molar-refractivity contribution in [3.05, 3.63) is 0 Å². The molecule has 0 aromatic heterocycles. The number of unbranched alkanes of at least 4 members (excludes halogenated alkanes) is 5. The van der Waals surface area contributed by atoms with Crippen LogP contribution in [0.25, 0.3) is 0 Å². The number of rotatable bonds is 14. The summed E-state index contributed by atoms with van der Waals surface area (Å²) in [5.41, 5.74) is 0. The zero-order chi connectivity index (χ0) is 16.2. The topological polar surface area (TPSA) is 107 Å². The highest BCUT2D eigenvalue weighted by Gasteiger charge is 2.10. The van der Waals surface area contributed by atoms with Gasteiger partial charge < -0.3 is 4.74 Å². The molecular formula is C12H26O7S2. The van der Waals surface area contributed by atoms with Crippen molar-refractivity contribution < 1.29 is 30.3 Å². The van der Waals surface area contributed by atoms with Crippen LogP contribution in [0.4, 0.5) is 0 Å². The maximum Gasteiger partial charge on any atom is 0.397 e. The minimum absolute atomic E-state index is 0.00694. The lowest BCUT2D eigenvalue weighted by Gasteiger charge is -2.06. The molecule has 9 heteroatoms. The van der Waals surface area contributed by atoms with E-state index < -0.39 is 20.2 Å². The molecule has 0 bridgehead atoms. The fourth-order valence-electron chi connectivity index (χ4n) is 1.69. The molecule has 0 aliphatic rings. The van der Waals surface area contributed by atoms with Crippen molar-refractivity contribution in [3.8, 4) is 0 Å². The van der Waals surface area contributed by atoms with E-state index in [0.717, 1.165) is 25.7 Å². The first-order valence-corrected chi connectivity index (χ1v) is 10.4. The lowest BCUT2D eigenvalue weighted by molar-refractivity contribution is 0.108. The first-order valence-electron chi connectivity index (χ1n) is 7.17. The fourth-order valence-corrected chi connectivity index (χ4v) is 3.19. The van der Waals surface area contributed by atoms with Crippen molar-refractivity contribution in [1.29, 1.82) is 0 Å². The van der Waals surface area contributed by atoms with Crippen molar-refractivity contribution >= 4 is 20.2 Å². The standard InChI is InChI=1S/C12H26O7S2/c1-2-3-4-5-6-7-11-20(13,14)12-10-18-8-9-19-21(15,16)17/h2-12H2,1H3,(H,15,16,17). The predicted molar refractivity (Wildman–Crippen MR) is 80.3 cm³/mol. The first-order chi connectivity index (χ1) is 9.77. The van der Waals surface area contributed by atoms with E-state index in [1.807, 2.05) is 0 Å². The lowest BCUT2D eigenvalue weighted by atomic mass is 10.1. The third kappa shape index (κ3) is 16.0. The van der Waals surface area contributed by atoms with Crippen LogP contribution in [0.5, 0.6) is 0 Å². The van der Waals surface area contributed by atoms with Crippen LogP contribution < -0.4 is 0 Å². The van der Waals surface area contributed by atoms with E-state index in [4.69, 9.17) is 9.29 Å². The van der Waals surface area contributed by atoms with Crippen molar-refractivity contribution in [1.82, 2.24) is 0 Å². The second kappa shape index (κ2) is 11.4. The lowest BCUT2D eigenvalue weighted by Crippen LogP contribution is -2.17. The summed E-state index contributed by atoms with van der Waals surface area (Å²) in [6, 6.07) is 0. The highest BCUT2D eigenvalue weighted by atomic mass is 32.3. The quantitative estimate of drug-likeness (QED) is 0.376. The Bertz CT molecular complexity index is 442. The summed E-state index contributed by atoms with van der Waals surface area (Å²) in [5, 5.41) is 0. The summed E-state index contributed by atoms with van der Waals surface area (Å²) < 4.78 is 61.0. The van der Waals surface area contributed by atoms with Gasteiger partial charge in [0, 0.05) is 0 Å². The van der Waals surface area contributed by atoms with Gasteiger partial charge in [-0.1, -0.05) is 39.0 Å². The average molecular weight is 346 g/mol. The van der Waals surface area contributed by atoms with E-state index >= 15 is 0 Å². The molecular weight excluding hydrogens is 320 g/mol. The monoisotopic (exact) mass is 346 g/mol. The van der Waals surface area contributed by atoms with Gasteiger partial charge >= 0.3 is 10.4 Å². The largest absolute Gasteiger partial charge is 0.397 e. The zero-order valence-electron chi connectivity index (χ0n) is 12.5. The van der Waals surface area contributed by atoms with Crippen LogP contribution in [-0.2, 0) is 29.2 Å². The molecule has 0 fully saturated rings. The van der Waals surface area contributed by atoms with Gasteiger partial charge in [0.25, 0.3) is 0 Å². The maximum absolute atomic E-state index is 11.7. The summed E-state index contributed by atoms with van der Waals surface area (Å²) in [5.74, 6) is 0.0673. The van der Waals surface area contributed by atoms with Crippen LogP contribution in [0.1, 0.15) is 45.4 Å². The molecule has 0 rings (SSSR count). The Kier molecular flexibility index (Phi) is 11.2. The summed E-state index contributed by atoms with van der Waals surface area (Å²) in [4.78, 5) is 0. The summed E-state index contributed by atoms with van der Waals surface area (Å²) in [7, 11) is -7.58. The van der Waals surface area contributed by atoms with Gasteiger partial charge in [0.15, 0.2) is 9.84 Å². The molecule has 0 radical (unpaired) electrons. The Morgan fingerprint density at radius 2 is 1.43 bits per heavy atom. The maximum atomic E-state index is 11.7. The third-order valence-corrected chi connectivity index (χ3v) is 4.97. The van der Waals surface area contributed by atoms with E-state index in [9.17, 15) is 16.8 Å². The molecule has 21 heavy (non-hydrogen) atoms. The summed E-state index contributed by atoms with van der Waals surface area (Å²) >= 11 is 0. The highest BCUT2D eigenvalue weighted by Crippen LogP contribution is 2.06. The summed E-state index contributed by atoms with van der Waals surface area (Å²) in [6.45, 7) is 1.70. The molecule has 0 aromatic carbocycles. The Morgan fingerprint density at radius 3 is 2.05 bits per heavy atom. The molecule has 128 valence electrons. The molecule has 0 atom stereocenters. The Morgan fingerprint density at radius 1 is 0.810 bits per heavy atom. The minimum atomic E-state index is -4.46. The van der Waals surface area contributed by atoms with Crippen LogP contribution in [0.15, 0.2) is 0 Å². The van der Waals surface area contributed by atoms with Crippen LogP contribution in [-0.4, -0.2) is 52.7 Å². The van der Waals surface area contributed by atoms with Crippen LogP contribution >= 0.6 is 0 Å². The van der Waals surface area contributed by atoms with Gasteiger partial charge in [0.1, 0.15) is 0 Å². The highest BCUT2D eigenvalue weighted by molar-refractivity contribution is 7.91. The van der Waals surface area contributed by atoms with Crippen molar-refractivity contribution in [3.63, 3.8) is 0 Å². The van der Waals surface area contributed by atoms with E-state index in [1.165, 1.54) is 6.42 Å². The smallest absolute Gasteiger partial charge is 0.378 e. The number of hydrogen-bond acceptors (Lipinski definition) is 6.